The Hall–Kier alpha value is -0.560. The van der Waals surface area contributed by atoms with Gasteiger partial charge in [-0.2, -0.15) is 0 Å². The van der Waals surface area contributed by atoms with Crippen molar-refractivity contribution < 1.29 is 4.39 Å². The molecule has 0 aliphatic rings. The van der Waals surface area contributed by atoms with E-state index in [1.54, 1.807) is 0 Å². The van der Waals surface area contributed by atoms with Crippen LogP contribution in [0.15, 0.2) is 18.2 Å². The Bertz CT molecular complexity index is 283. The van der Waals surface area contributed by atoms with E-state index in [2.05, 4.69) is 6.92 Å². The second-order valence-corrected chi connectivity index (χ2v) is 3.67. The van der Waals surface area contributed by atoms with Gasteiger partial charge in [0.15, 0.2) is 0 Å². The summed E-state index contributed by atoms with van der Waals surface area (Å²) in [5, 5.41) is 0.750. The first-order valence-corrected chi connectivity index (χ1v) is 4.91. The van der Waals surface area contributed by atoms with Crippen molar-refractivity contribution in [2.24, 2.45) is 0 Å². The highest BCUT2D eigenvalue weighted by Crippen LogP contribution is 2.23. The standard InChI is InChI=1S/C11H14ClF/c1-3-9-4-5-10(6-11(9)12)8(2)7-13/h4-6,8H,3,7H2,1-2H3. The number of hydrogen-bond acceptors (Lipinski definition) is 0. The maximum atomic E-state index is 12.3. The van der Waals surface area contributed by atoms with Gasteiger partial charge >= 0.3 is 0 Å². The average Bonchev–Trinajstić information content (AvgIpc) is 2.16. The van der Waals surface area contributed by atoms with E-state index in [0.29, 0.717) is 0 Å². The summed E-state index contributed by atoms with van der Waals surface area (Å²) < 4.78 is 12.3. The van der Waals surface area contributed by atoms with Crippen LogP contribution >= 0.6 is 11.6 Å². The zero-order valence-corrected chi connectivity index (χ0v) is 8.74. The summed E-state index contributed by atoms with van der Waals surface area (Å²) >= 11 is 6.01. The summed E-state index contributed by atoms with van der Waals surface area (Å²) in [5.74, 6) is -0.0524. The zero-order valence-electron chi connectivity index (χ0n) is 7.98. The molecule has 72 valence electrons. The molecule has 1 atom stereocenters. The van der Waals surface area contributed by atoms with Crippen LogP contribution in [0.5, 0.6) is 0 Å². The highest BCUT2D eigenvalue weighted by Gasteiger charge is 2.06. The molecule has 0 aliphatic heterocycles. The molecule has 2 heteroatoms. The highest BCUT2D eigenvalue weighted by molar-refractivity contribution is 6.31. The number of rotatable bonds is 3. The largest absolute Gasteiger partial charge is 0.250 e. The van der Waals surface area contributed by atoms with Gasteiger partial charge in [0.05, 0.1) is 6.67 Å². The number of benzene rings is 1. The van der Waals surface area contributed by atoms with Gasteiger partial charge in [-0.3, -0.25) is 4.39 Å². The Labute approximate surface area is 83.7 Å². The molecule has 0 aromatic heterocycles. The normalized spacial score (nSPS) is 12.9. The summed E-state index contributed by atoms with van der Waals surface area (Å²) in [7, 11) is 0. The quantitative estimate of drug-likeness (QED) is 0.693. The lowest BCUT2D eigenvalue weighted by Gasteiger charge is -2.09. The average molecular weight is 201 g/mol. The summed E-state index contributed by atoms with van der Waals surface area (Å²) in [6.45, 7) is 3.58. The van der Waals surface area contributed by atoms with Crippen molar-refractivity contribution in [2.75, 3.05) is 6.67 Å². The number of hydrogen-bond donors (Lipinski definition) is 0. The second kappa shape index (κ2) is 4.61. The maximum absolute atomic E-state index is 12.3. The van der Waals surface area contributed by atoms with Crippen molar-refractivity contribution >= 4 is 11.6 Å². The molecular formula is C11H14ClF. The lowest BCUT2D eigenvalue weighted by molar-refractivity contribution is 0.447. The third-order valence-corrected chi connectivity index (χ3v) is 2.61. The van der Waals surface area contributed by atoms with Crippen molar-refractivity contribution in [1.82, 2.24) is 0 Å². The van der Waals surface area contributed by atoms with E-state index in [4.69, 9.17) is 11.6 Å². The first-order valence-electron chi connectivity index (χ1n) is 4.53. The second-order valence-electron chi connectivity index (χ2n) is 3.26. The van der Waals surface area contributed by atoms with E-state index < -0.39 is 0 Å². The van der Waals surface area contributed by atoms with Crippen molar-refractivity contribution in [2.45, 2.75) is 26.2 Å². The van der Waals surface area contributed by atoms with Crippen LogP contribution in [0.25, 0.3) is 0 Å². The van der Waals surface area contributed by atoms with Crippen molar-refractivity contribution in [3.8, 4) is 0 Å². The fraction of sp³-hybridized carbons (Fsp3) is 0.455. The molecule has 1 aromatic carbocycles. The Morgan fingerprint density at radius 2 is 2.15 bits per heavy atom. The minimum absolute atomic E-state index is 0.0524. The fourth-order valence-electron chi connectivity index (χ4n) is 1.25. The molecule has 1 aromatic rings. The predicted octanol–water partition coefficient (Wildman–Crippen LogP) is 3.98. The van der Waals surface area contributed by atoms with Crippen LogP contribution in [0, 0.1) is 0 Å². The van der Waals surface area contributed by atoms with Crippen molar-refractivity contribution in [3.05, 3.63) is 34.3 Å². The molecule has 0 aliphatic carbocycles. The molecule has 0 N–H and O–H groups in total. The summed E-state index contributed by atoms with van der Waals surface area (Å²) in [6.07, 6.45) is 0.920. The predicted molar refractivity (Wildman–Crippen MR) is 55.2 cm³/mol. The topological polar surface area (TPSA) is 0 Å². The van der Waals surface area contributed by atoms with E-state index in [-0.39, 0.29) is 12.6 Å². The monoisotopic (exact) mass is 200 g/mol. The van der Waals surface area contributed by atoms with Crippen LogP contribution < -0.4 is 0 Å². The Kier molecular flexibility index (Phi) is 3.73. The molecular weight excluding hydrogens is 187 g/mol. The molecule has 0 heterocycles. The number of halogens is 2. The van der Waals surface area contributed by atoms with Gasteiger partial charge in [0.1, 0.15) is 0 Å². The van der Waals surface area contributed by atoms with Crippen molar-refractivity contribution in [1.29, 1.82) is 0 Å². The Balaban J connectivity index is 2.95. The fourth-order valence-corrected chi connectivity index (χ4v) is 1.57. The summed E-state index contributed by atoms with van der Waals surface area (Å²) in [4.78, 5) is 0. The Morgan fingerprint density at radius 3 is 2.62 bits per heavy atom. The molecule has 0 amide bonds. The molecule has 0 radical (unpaired) electrons. The van der Waals surface area contributed by atoms with E-state index in [9.17, 15) is 4.39 Å². The van der Waals surface area contributed by atoms with Gasteiger partial charge in [-0.1, -0.05) is 37.6 Å². The lowest BCUT2D eigenvalue weighted by Crippen LogP contribution is -1.96. The highest BCUT2D eigenvalue weighted by atomic mass is 35.5. The molecule has 0 bridgehead atoms. The SMILES string of the molecule is CCc1ccc(C(C)CF)cc1Cl. The molecule has 13 heavy (non-hydrogen) atoms. The molecule has 1 unspecified atom stereocenters. The van der Waals surface area contributed by atoms with Crippen LogP contribution in [0.1, 0.15) is 30.9 Å². The summed E-state index contributed by atoms with van der Waals surface area (Å²) in [5.41, 5.74) is 2.10. The van der Waals surface area contributed by atoms with E-state index >= 15 is 0 Å². The van der Waals surface area contributed by atoms with Gasteiger partial charge in [-0.05, 0) is 23.6 Å². The molecule has 0 nitrogen and oxygen atoms in total. The van der Waals surface area contributed by atoms with Gasteiger partial charge < -0.3 is 0 Å². The van der Waals surface area contributed by atoms with Gasteiger partial charge in [-0.25, -0.2) is 0 Å². The molecule has 0 fully saturated rings. The molecule has 0 saturated heterocycles. The number of alkyl halides is 1. The minimum atomic E-state index is -0.332. The van der Waals surface area contributed by atoms with Crippen molar-refractivity contribution in [3.63, 3.8) is 0 Å². The molecule has 1 rings (SSSR count). The number of aryl methyl sites for hydroxylation is 1. The van der Waals surface area contributed by atoms with Gasteiger partial charge in [0.2, 0.25) is 0 Å². The van der Waals surface area contributed by atoms with E-state index in [0.717, 1.165) is 22.6 Å². The van der Waals surface area contributed by atoms with Crippen LogP contribution in [0.4, 0.5) is 4.39 Å². The van der Waals surface area contributed by atoms with Gasteiger partial charge in [0, 0.05) is 10.9 Å². The van der Waals surface area contributed by atoms with E-state index in [1.165, 1.54) is 0 Å². The third-order valence-electron chi connectivity index (χ3n) is 2.26. The third kappa shape index (κ3) is 2.44. The maximum Gasteiger partial charge on any atom is 0.0960 e. The smallest absolute Gasteiger partial charge is 0.0960 e. The van der Waals surface area contributed by atoms with Crippen LogP contribution in [-0.4, -0.2) is 6.67 Å². The minimum Gasteiger partial charge on any atom is -0.250 e. The Morgan fingerprint density at radius 1 is 1.46 bits per heavy atom. The van der Waals surface area contributed by atoms with E-state index in [1.807, 2.05) is 25.1 Å². The summed E-state index contributed by atoms with van der Waals surface area (Å²) in [6, 6.07) is 5.80. The zero-order chi connectivity index (χ0) is 9.84. The first-order chi connectivity index (χ1) is 6.19. The van der Waals surface area contributed by atoms with Gasteiger partial charge in [-0.15, -0.1) is 0 Å². The van der Waals surface area contributed by atoms with Crippen LogP contribution in [-0.2, 0) is 6.42 Å². The lowest BCUT2D eigenvalue weighted by atomic mass is 10.0. The van der Waals surface area contributed by atoms with Crippen LogP contribution in [0.3, 0.4) is 0 Å². The van der Waals surface area contributed by atoms with Gasteiger partial charge in [0.25, 0.3) is 0 Å². The molecule has 0 saturated carbocycles. The first kappa shape index (κ1) is 10.5. The van der Waals surface area contributed by atoms with Crippen LogP contribution in [0.2, 0.25) is 5.02 Å². The molecule has 0 spiro atoms.